The van der Waals surface area contributed by atoms with E-state index in [1.54, 1.807) is 19.1 Å². The molecule has 2 aromatic rings. The number of aliphatic hydroxyl groups excluding tert-OH is 1. The second-order valence-corrected chi connectivity index (χ2v) is 6.93. The van der Waals surface area contributed by atoms with Crippen LogP contribution in [0.4, 0.5) is 4.39 Å². The Morgan fingerprint density at radius 2 is 2.13 bits per heavy atom. The highest BCUT2D eigenvalue weighted by Crippen LogP contribution is 2.18. The number of halogens is 1. The third kappa shape index (κ3) is 6.39. The molecule has 0 radical (unpaired) electrons. The second-order valence-electron chi connectivity index (χ2n) is 6.93. The number of amidine groups is 1. The van der Waals surface area contributed by atoms with Crippen molar-refractivity contribution >= 4 is 11.7 Å². The molecule has 162 valence electrons. The average molecular weight is 418 g/mol. The normalized spacial score (nSPS) is 12.4. The number of hydrogen-bond acceptors (Lipinski definition) is 7. The molecule has 9 nitrogen and oxygen atoms in total. The molecule has 0 saturated heterocycles. The molecule has 0 spiro atoms. The molecule has 0 unspecified atom stereocenters. The van der Waals surface area contributed by atoms with E-state index in [2.05, 4.69) is 15.4 Å². The Morgan fingerprint density at radius 3 is 2.80 bits per heavy atom. The number of nitrogens with two attached hydrogens (primary N) is 2. The number of aliphatic hydroxyl groups is 1. The van der Waals surface area contributed by atoms with Crippen LogP contribution in [0.1, 0.15) is 34.2 Å². The van der Waals surface area contributed by atoms with Crippen LogP contribution in [0.25, 0.3) is 0 Å². The SMILES string of the molecule is COc1cc(CNC(=O)c2cc(/C(N)=N/N(N)C[C@@H](C)CO)cc(C)n2)ccc1F. The maximum atomic E-state index is 13.5. The molecule has 2 rings (SSSR count). The van der Waals surface area contributed by atoms with E-state index in [4.69, 9.17) is 21.4 Å². The molecule has 1 aromatic heterocycles. The van der Waals surface area contributed by atoms with Gasteiger partial charge in [-0.05, 0) is 42.7 Å². The van der Waals surface area contributed by atoms with Gasteiger partial charge in [-0.1, -0.05) is 13.0 Å². The van der Waals surface area contributed by atoms with E-state index in [0.29, 0.717) is 23.4 Å². The lowest BCUT2D eigenvalue weighted by atomic mass is 10.1. The van der Waals surface area contributed by atoms with Crippen molar-refractivity contribution in [3.8, 4) is 5.75 Å². The third-order valence-electron chi connectivity index (χ3n) is 4.20. The van der Waals surface area contributed by atoms with Crippen molar-refractivity contribution in [2.75, 3.05) is 20.3 Å². The highest BCUT2D eigenvalue weighted by atomic mass is 19.1. The minimum atomic E-state index is -0.477. The van der Waals surface area contributed by atoms with Crippen molar-refractivity contribution in [2.24, 2.45) is 22.6 Å². The van der Waals surface area contributed by atoms with Crippen molar-refractivity contribution < 1.29 is 19.0 Å². The Balaban J connectivity index is 2.12. The van der Waals surface area contributed by atoms with Crippen LogP contribution in [0.15, 0.2) is 35.4 Å². The second kappa shape index (κ2) is 10.5. The Morgan fingerprint density at radius 1 is 1.40 bits per heavy atom. The number of amides is 1. The molecule has 0 aliphatic rings. The number of pyridine rings is 1. The average Bonchev–Trinajstić information content (AvgIpc) is 2.72. The van der Waals surface area contributed by atoms with E-state index in [1.807, 2.05) is 6.92 Å². The van der Waals surface area contributed by atoms with Gasteiger partial charge in [-0.25, -0.2) is 20.3 Å². The summed E-state index contributed by atoms with van der Waals surface area (Å²) in [7, 11) is 1.37. The number of carbonyl (C=O) groups is 1. The number of nitrogens with one attached hydrogen (secondary N) is 1. The van der Waals surface area contributed by atoms with E-state index in [1.165, 1.54) is 25.3 Å². The third-order valence-corrected chi connectivity index (χ3v) is 4.20. The molecule has 0 aliphatic heterocycles. The van der Waals surface area contributed by atoms with Crippen molar-refractivity contribution in [3.63, 3.8) is 0 Å². The smallest absolute Gasteiger partial charge is 0.270 e. The van der Waals surface area contributed by atoms with Crippen LogP contribution in [-0.2, 0) is 6.54 Å². The van der Waals surface area contributed by atoms with Crippen LogP contribution in [0.2, 0.25) is 0 Å². The fourth-order valence-corrected chi connectivity index (χ4v) is 2.63. The van der Waals surface area contributed by atoms with Gasteiger partial charge in [0.25, 0.3) is 5.91 Å². The van der Waals surface area contributed by atoms with E-state index in [0.717, 1.165) is 5.12 Å². The molecule has 0 saturated carbocycles. The van der Waals surface area contributed by atoms with Gasteiger partial charge in [-0.2, -0.15) is 0 Å². The molecule has 6 N–H and O–H groups in total. The number of aromatic nitrogens is 1. The first-order chi connectivity index (χ1) is 14.2. The predicted octanol–water partition coefficient (Wildman–Crippen LogP) is 0.892. The number of hydrogen-bond donors (Lipinski definition) is 4. The number of hydrazone groups is 1. The summed E-state index contributed by atoms with van der Waals surface area (Å²) in [6.07, 6.45) is 0. The maximum Gasteiger partial charge on any atom is 0.270 e. The van der Waals surface area contributed by atoms with Crippen LogP contribution in [-0.4, -0.2) is 47.2 Å². The lowest BCUT2D eigenvalue weighted by Crippen LogP contribution is -2.34. The van der Waals surface area contributed by atoms with Gasteiger partial charge in [0.15, 0.2) is 17.4 Å². The summed E-state index contributed by atoms with van der Waals surface area (Å²) in [5.41, 5.74) is 7.91. The monoisotopic (exact) mass is 418 g/mol. The Labute approximate surface area is 174 Å². The zero-order valence-electron chi connectivity index (χ0n) is 17.2. The van der Waals surface area contributed by atoms with E-state index < -0.39 is 11.7 Å². The molecule has 0 aliphatic carbocycles. The van der Waals surface area contributed by atoms with Crippen molar-refractivity contribution in [2.45, 2.75) is 20.4 Å². The number of hydrazine groups is 1. The summed E-state index contributed by atoms with van der Waals surface area (Å²) in [6, 6.07) is 7.54. The van der Waals surface area contributed by atoms with Gasteiger partial charge < -0.3 is 20.9 Å². The summed E-state index contributed by atoms with van der Waals surface area (Å²) in [5.74, 6) is 5.04. The Kier molecular flexibility index (Phi) is 8.07. The van der Waals surface area contributed by atoms with Crippen molar-refractivity contribution in [1.29, 1.82) is 0 Å². The van der Waals surface area contributed by atoms with Crippen LogP contribution in [0.3, 0.4) is 0 Å². The Bertz CT molecular complexity index is 921. The quantitative estimate of drug-likeness (QED) is 0.205. The van der Waals surface area contributed by atoms with E-state index >= 15 is 0 Å². The van der Waals surface area contributed by atoms with Crippen LogP contribution in [0, 0.1) is 18.7 Å². The van der Waals surface area contributed by atoms with Gasteiger partial charge in [0, 0.05) is 24.4 Å². The fourth-order valence-electron chi connectivity index (χ4n) is 2.63. The molecular formula is C20H27FN6O3. The molecule has 30 heavy (non-hydrogen) atoms. The minimum Gasteiger partial charge on any atom is -0.494 e. The standard InChI is InChI=1S/C20H27FN6O3/c1-12(11-28)10-27(23)26-19(22)15-6-13(2)25-17(8-15)20(29)24-9-14-4-5-16(21)18(7-14)30-3/h4-8,12,28H,9-11,23H2,1-3H3,(H2,22,26)(H,24,29)/t12-/m1/s1. The zero-order valence-corrected chi connectivity index (χ0v) is 17.2. The number of nitrogens with zero attached hydrogens (tertiary/aromatic N) is 3. The number of aryl methyl sites for hydroxylation is 1. The number of carbonyl (C=O) groups excluding carboxylic acids is 1. The highest BCUT2D eigenvalue weighted by molar-refractivity contribution is 6.00. The van der Waals surface area contributed by atoms with Gasteiger partial charge in [0.05, 0.1) is 13.7 Å². The Hall–Kier alpha value is -3.24. The predicted molar refractivity (Wildman–Crippen MR) is 111 cm³/mol. The molecular weight excluding hydrogens is 391 g/mol. The number of rotatable bonds is 9. The maximum absolute atomic E-state index is 13.5. The van der Waals surface area contributed by atoms with E-state index in [9.17, 15) is 9.18 Å². The molecule has 10 heteroatoms. The van der Waals surface area contributed by atoms with Crippen LogP contribution >= 0.6 is 0 Å². The first-order valence-corrected chi connectivity index (χ1v) is 9.30. The first kappa shape index (κ1) is 23.0. The number of benzene rings is 1. The molecule has 1 amide bonds. The lowest BCUT2D eigenvalue weighted by molar-refractivity contribution is 0.0945. The van der Waals surface area contributed by atoms with Gasteiger partial charge in [0.1, 0.15) is 5.69 Å². The molecule has 1 aromatic carbocycles. The van der Waals surface area contributed by atoms with Crippen LogP contribution < -0.4 is 21.6 Å². The van der Waals surface area contributed by atoms with Gasteiger partial charge in [-0.15, -0.1) is 5.10 Å². The summed E-state index contributed by atoms with van der Waals surface area (Å²) in [6.45, 7) is 4.00. The summed E-state index contributed by atoms with van der Waals surface area (Å²) < 4.78 is 18.5. The van der Waals surface area contributed by atoms with Gasteiger partial charge in [-0.3, -0.25) is 4.79 Å². The minimum absolute atomic E-state index is 0.0261. The lowest BCUT2D eigenvalue weighted by Gasteiger charge is -2.17. The summed E-state index contributed by atoms with van der Waals surface area (Å²) in [4.78, 5) is 16.8. The summed E-state index contributed by atoms with van der Waals surface area (Å²) >= 11 is 0. The number of methoxy groups -OCH3 is 1. The molecule has 0 bridgehead atoms. The van der Waals surface area contributed by atoms with Gasteiger partial charge >= 0.3 is 0 Å². The van der Waals surface area contributed by atoms with Crippen molar-refractivity contribution in [3.05, 3.63) is 58.7 Å². The largest absolute Gasteiger partial charge is 0.494 e. The van der Waals surface area contributed by atoms with Crippen LogP contribution in [0.5, 0.6) is 5.75 Å². The fraction of sp³-hybridized carbons (Fsp3) is 0.350. The molecule has 1 atom stereocenters. The first-order valence-electron chi connectivity index (χ1n) is 9.30. The van der Waals surface area contributed by atoms with E-state index in [-0.39, 0.29) is 36.3 Å². The number of ether oxygens (including phenoxy) is 1. The van der Waals surface area contributed by atoms with Crippen molar-refractivity contribution in [1.82, 2.24) is 15.4 Å². The topological polar surface area (TPSA) is 139 Å². The highest BCUT2D eigenvalue weighted by Gasteiger charge is 2.13. The molecule has 1 heterocycles. The van der Waals surface area contributed by atoms with Gasteiger partial charge in [0.2, 0.25) is 0 Å². The molecule has 0 fully saturated rings. The summed E-state index contributed by atoms with van der Waals surface area (Å²) in [5, 5.41) is 17.1. The zero-order chi connectivity index (χ0) is 22.3.